The molecule has 1 amide bonds. The highest BCUT2D eigenvalue weighted by Gasteiger charge is 2.27. The molecule has 1 atom stereocenters. The average molecular weight is 261 g/mol. The topological polar surface area (TPSA) is 29.1 Å². The van der Waals surface area contributed by atoms with Gasteiger partial charge < -0.3 is 5.32 Å². The van der Waals surface area contributed by atoms with E-state index in [9.17, 15) is 4.79 Å². The van der Waals surface area contributed by atoms with Gasteiger partial charge in [-0.05, 0) is 17.7 Å². The third-order valence-electron chi connectivity index (χ3n) is 2.06. The molecule has 0 radical (unpaired) electrons. The first-order valence-corrected chi connectivity index (χ1v) is 5.08. The average Bonchev–Trinajstić information content (AvgIpc) is 2.00. The number of amides is 1. The smallest absolute Gasteiger partial charge is 0.222 e. The van der Waals surface area contributed by atoms with Gasteiger partial charge in [-0.2, -0.15) is 0 Å². The van der Waals surface area contributed by atoms with Crippen molar-refractivity contribution in [3.05, 3.63) is 33.3 Å². The van der Waals surface area contributed by atoms with Crippen molar-refractivity contribution in [2.45, 2.75) is 12.5 Å². The van der Waals surface area contributed by atoms with Gasteiger partial charge in [0.15, 0.2) is 0 Å². The molecule has 4 heteroatoms. The fourth-order valence-electron chi connectivity index (χ4n) is 1.33. The van der Waals surface area contributed by atoms with E-state index in [1.165, 1.54) is 0 Å². The second-order valence-corrected chi connectivity index (χ2v) is 4.28. The number of halogens is 2. The molecule has 2 rings (SSSR count). The van der Waals surface area contributed by atoms with E-state index in [0.29, 0.717) is 11.4 Å². The Balaban J connectivity index is 2.26. The Hall–Kier alpha value is -0.540. The molecule has 0 spiro atoms. The molecule has 1 fully saturated rings. The van der Waals surface area contributed by atoms with Crippen LogP contribution in [0.1, 0.15) is 18.0 Å². The second kappa shape index (κ2) is 3.31. The Bertz CT molecular complexity index is 359. The van der Waals surface area contributed by atoms with Crippen molar-refractivity contribution in [3.63, 3.8) is 0 Å². The first-order valence-electron chi connectivity index (χ1n) is 3.91. The Morgan fingerprint density at radius 3 is 2.77 bits per heavy atom. The van der Waals surface area contributed by atoms with Crippen molar-refractivity contribution in [3.8, 4) is 0 Å². The highest BCUT2D eigenvalue weighted by atomic mass is 79.9. The van der Waals surface area contributed by atoms with E-state index in [0.717, 1.165) is 10.0 Å². The SMILES string of the molecule is O=C1CC(c2ccc(Cl)cc2Br)N1. The number of rotatable bonds is 1. The van der Waals surface area contributed by atoms with Gasteiger partial charge >= 0.3 is 0 Å². The monoisotopic (exact) mass is 259 g/mol. The Morgan fingerprint density at radius 2 is 2.23 bits per heavy atom. The van der Waals surface area contributed by atoms with Crippen molar-refractivity contribution < 1.29 is 4.79 Å². The molecule has 0 aliphatic carbocycles. The summed E-state index contributed by atoms with van der Waals surface area (Å²) in [5.41, 5.74) is 1.09. The quantitative estimate of drug-likeness (QED) is 0.773. The maximum atomic E-state index is 10.7. The summed E-state index contributed by atoms with van der Waals surface area (Å²) in [6.07, 6.45) is 0.570. The summed E-state index contributed by atoms with van der Waals surface area (Å²) < 4.78 is 0.949. The first kappa shape index (κ1) is 9.03. The molecule has 0 bridgehead atoms. The predicted molar refractivity (Wildman–Crippen MR) is 54.7 cm³/mol. The van der Waals surface area contributed by atoms with Crippen LogP contribution in [0, 0.1) is 0 Å². The number of β-lactam (4-membered cyclic amide) rings is 1. The molecule has 1 saturated heterocycles. The van der Waals surface area contributed by atoms with Gasteiger partial charge in [-0.3, -0.25) is 4.79 Å². The van der Waals surface area contributed by atoms with E-state index >= 15 is 0 Å². The molecule has 13 heavy (non-hydrogen) atoms. The number of carbonyl (C=O) groups excluding carboxylic acids is 1. The number of benzene rings is 1. The molecule has 1 heterocycles. The summed E-state index contributed by atoms with van der Waals surface area (Å²) in [5, 5.41) is 3.50. The summed E-state index contributed by atoms with van der Waals surface area (Å²) in [6, 6.07) is 5.74. The fraction of sp³-hybridized carbons (Fsp3) is 0.222. The standard InChI is InChI=1S/C9H7BrClNO/c10-7-3-5(11)1-2-6(7)8-4-9(13)12-8/h1-3,8H,4H2,(H,12,13). The van der Waals surface area contributed by atoms with Gasteiger partial charge in [0.25, 0.3) is 0 Å². The van der Waals surface area contributed by atoms with E-state index in [-0.39, 0.29) is 11.9 Å². The summed E-state index contributed by atoms with van der Waals surface area (Å²) in [6.45, 7) is 0. The molecule has 1 aromatic rings. The van der Waals surface area contributed by atoms with Crippen LogP contribution in [0.3, 0.4) is 0 Å². The van der Waals surface area contributed by atoms with Crippen LogP contribution in [-0.2, 0) is 4.79 Å². The Morgan fingerprint density at radius 1 is 1.54 bits per heavy atom. The molecular formula is C9H7BrClNO. The van der Waals surface area contributed by atoms with Crippen molar-refractivity contribution in [1.29, 1.82) is 0 Å². The van der Waals surface area contributed by atoms with Crippen LogP contribution in [0.4, 0.5) is 0 Å². The second-order valence-electron chi connectivity index (χ2n) is 2.99. The number of nitrogens with one attached hydrogen (secondary N) is 1. The number of hydrogen-bond acceptors (Lipinski definition) is 1. The molecule has 1 aliphatic rings. The molecular weight excluding hydrogens is 253 g/mol. The van der Waals surface area contributed by atoms with E-state index < -0.39 is 0 Å². The van der Waals surface area contributed by atoms with Crippen LogP contribution in [0.15, 0.2) is 22.7 Å². The van der Waals surface area contributed by atoms with Crippen LogP contribution in [-0.4, -0.2) is 5.91 Å². The van der Waals surface area contributed by atoms with E-state index in [1.807, 2.05) is 18.2 Å². The summed E-state index contributed by atoms with van der Waals surface area (Å²) in [7, 11) is 0. The molecule has 1 N–H and O–H groups in total. The number of carbonyl (C=O) groups is 1. The zero-order chi connectivity index (χ0) is 9.42. The lowest BCUT2D eigenvalue weighted by Gasteiger charge is -2.28. The fourth-order valence-corrected chi connectivity index (χ4v) is 2.29. The molecule has 1 aromatic carbocycles. The molecule has 0 saturated carbocycles. The third-order valence-corrected chi connectivity index (χ3v) is 2.98. The van der Waals surface area contributed by atoms with Crippen LogP contribution in [0.2, 0.25) is 5.02 Å². The molecule has 68 valence electrons. The minimum Gasteiger partial charge on any atom is -0.349 e. The van der Waals surface area contributed by atoms with Gasteiger partial charge in [0, 0.05) is 9.50 Å². The summed E-state index contributed by atoms with van der Waals surface area (Å²) in [5.74, 6) is 0.104. The summed E-state index contributed by atoms with van der Waals surface area (Å²) in [4.78, 5) is 10.7. The van der Waals surface area contributed by atoms with Crippen molar-refractivity contribution in [1.82, 2.24) is 5.32 Å². The molecule has 1 aliphatic heterocycles. The number of hydrogen-bond donors (Lipinski definition) is 1. The maximum absolute atomic E-state index is 10.7. The van der Waals surface area contributed by atoms with Crippen molar-refractivity contribution in [2.24, 2.45) is 0 Å². The van der Waals surface area contributed by atoms with E-state index in [1.54, 1.807) is 0 Å². The minimum atomic E-state index is 0.104. The lowest BCUT2D eigenvalue weighted by atomic mass is 9.97. The first-order chi connectivity index (χ1) is 6.16. The third kappa shape index (κ3) is 1.71. The van der Waals surface area contributed by atoms with E-state index in [2.05, 4.69) is 21.2 Å². The molecule has 1 unspecified atom stereocenters. The highest BCUT2D eigenvalue weighted by Crippen LogP contribution is 2.31. The van der Waals surface area contributed by atoms with Crippen LogP contribution < -0.4 is 5.32 Å². The maximum Gasteiger partial charge on any atom is 0.222 e. The van der Waals surface area contributed by atoms with Crippen molar-refractivity contribution in [2.75, 3.05) is 0 Å². The van der Waals surface area contributed by atoms with Crippen molar-refractivity contribution >= 4 is 33.4 Å². The zero-order valence-corrected chi connectivity index (χ0v) is 9.02. The van der Waals surface area contributed by atoms with Gasteiger partial charge in [0.05, 0.1) is 12.5 Å². The minimum absolute atomic E-state index is 0.104. The summed E-state index contributed by atoms with van der Waals surface area (Å²) >= 11 is 9.20. The van der Waals surface area contributed by atoms with Gasteiger partial charge in [0.2, 0.25) is 5.91 Å². The van der Waals surface area contributed by atoms with Crippen LogP contribution in [0.5, 0.6) is 0 Å². The largest absolute Gasteiger partial charge is 0.349 e. The van der Waals surface area contributed by atoms with Gasteiger partial charge in [0.1, 0.15) is 0 Å². The Kier molecular flexibility index (Phi) is 2.30. The van der Waals surface area contributed by atoms with Crippen LogP contribution >= 0.6 is 27.5 Å². The zero-order valence-electron chi connectivity index (χ0n) is 6.68. The van der Waals surface area contributed by atoms with Gasteiger partial charge in [-0.25, -0.2) is 0 Å². The van der Waals surface area contributed by atoms with Gasteiger partial charge in [-0.15, -0.1) is 0 Å². The molecule has 2 nitrogen and oxygen atoms in total. The van der Waals surface area contributed by atoms with E-state index in [4.69, 9.17) is 11.6 Å². The van der Waals surface area contributed by atoms with Crippen LogP contribution in [0.25, 0.3) is 0 Å². The molecule has 0 aromatic heterocycles. The van der Waals surface area contributed by atoms with Gasteiger partial charge in [-0.1, -0.05) is 33.6 Å². The lowest BCUT2D eigenvalue weighted by molar-refractivity contribution is -0.128. The normalized spacial score (nSPS) is 20.8. The highest BCUT2D eigenvalue weighted by molar-refractivity contribution is 9.10. The Labute approximate surface area is 89.4 Å². The predicted octanol–water partition coefficient (Wildman–Crippen LogP) is 2.66. The lowest BCUT2D eigenvalue weighted by Crippen LogP contribution is -2.41.